The van der Waals surface area contributed by atoms with E-state index in [9.17, 15) is 10.1 Å². The number of hydrogen-bond donors (Lipinski definition) is 0. The molecule has 1 aliphatic carbocycles. The van der Waals surface area contributed by atoms with Gasteiger partial charge >= 0.3 is 0 Å². The third-order valence-corrected chi connectivity index (χ3v) is 6.03. The number of likely N-dealkylation sites (tertiary alicyclic amines) is 1. The molecule has 1 aliphatic heterocycles. The molecule has 1 saturated carbocycles. The Balaban J connectivity index is 1.59. The van der Waals surface area contributed by atoms with E-state index in [-0.39, 0.29) is 23.8 Å². The number of rotatable bonds is 3. The fraction of sp³-hybridized carbons (Fsp3) is 0.476. The predicted molar refractivity (Wildman–Crippen MR) is 96.1 cm³/mol. The average molecular weight is 349 g/mol. The number of nitrogens with zero attached hydrogens (tertiary/aromatic N) is 3. The topological polar surface area (TPSA) is 70.1 Å². The Bertz CT molecular complexity index is 844. The number of benzene rings is 1. The monoisotopic (exact) mass is 349 g/mol. The van der Waals surface area contributed by atoms with Crippen LogP contribution in [0.3, 0.4) is 0 Å². The van der Waals surface area contributed by atoms with Crippen LogP contribution in [0.4, 0.5) is 0 Å². The standard InChI is InChI=1S/C21H23N3O2/c1-15-17(13-22)18(23-26-15)12-19(25)24-14-21(10-6-3-7-11-21)20(24)16-8-4-2-5-9-16/h2,4-5,8-9,20H,3,6-7,10-12,14H2,1H3. The van der Waals surface area contributed by atoms with Crippen LogP contribution < -0.4 is 0 Å². The van der Waals surface area contributed by atoms with Crippen LogP contribution in [0.25, 0.3) is 0 Å². The summed E-state index contributed by atoms with van der Waals surface area (Å²) in [5.74, 6) is 0.502. The molecule has 5 heteroatoms. The molecule has 4 rings (SSSR count). The van der Waals surface area contributed by atoms with Crippen LogP contribution in [-0.2, 0) is 11.2 Å². The Morgan fingerprint density at radius 3 is 2.73 bits per heavy atom. The number of hydrogen-bond acceptors (Lipinski definition) is 4. The highest BCUT2D eigenvalue weighted by molar-refractivity contribution is 5.80. The average Bonchev–Trinajstić information content (AvgIpc) is 3.00. The minimum absolute atomic E-state index is 0.0276. The molecule has 2 aromatic rings. The van der Waals surface area contributed by atoms with Crippen molar-refractivity contribution in [3.63, 3.8) is 0 Å². The van der Waals surface area contributed by atoms with Crippen LogP contribution in [0.1, 0.15) is 60.7 Å². The number of nitriles is 1. The lowest BCUT2D eigenvalue weighted by Gasteiger charge is -2.59. The van der Waals surface area contributed by atoms with Gasteiger partial charge in [-0.05, 0) is 25.3 Å². The van der Waals surface area contributed by atoms with E-state index < -0.39 is 0 Å². The van der Waals surface area contributed by atoms with E-state index in [1.54, 1.807) is 6.92 Å². The van der Waals surface area contributed by atoms with Crippen molar-refractivity contribution < 1.29 is 9.32 Å². The molecule has 0 N–H and O–H groups in total. The van der Waals surface area contributed by atoms with Gasteiger partial charge in [-0.2, -0.15) is 5.26 Å². The van der Waals surface area contributed by atoms with Crippen molar-refractivity contribution in [1.82, 2.24) is 10.1 Å². The van der Waals surface area contributed by atoms with Gasteiger partial charge in [-0.1, -0.05) is 54.8 Å². The van der Waals surface area contributed by atoms with Crippen molar-refractivity contribution in [2.45, 2.75) is 51.5 Å². The first-order valence-electron chi connectivity index (χ1n) is 9.34. The predicted octanol–water partition coefficient (Wildman–Crippen LogP) is 3.93. The second-order valence-corrected chi connectivity index (χ2v) is 7.61. The van der Waals surface area contributed by atoms with Crippen molar-refractivity contribution in [1.29, 1.82) is 5.26 Å². The first-order valence-corrected chi connectivity index (χ1v) is 9.34. The largest absolute Gasteiger partial charge is 0.360 e. The second-order valence-electron chi connectivity index (χ2n) is 7.61. The molecule has 0 radical (unpaired) electrons. The van der Waals surface area contributed by atoms with Gasteiger partial charge in [-0.15, -0.1) is 0 Å². The van der Waals surface area contributed by atoms with E-state index >= 15 is 0 Å². The van der Waals surface area contributed by atoms with Gasteiger partial charge in [0.05, 0.1) is 12.5 Å². The molecule has 1 atom stereocenters. The van der Waals surface area contributed by atoms with Gasteiger partial charge in [0, 0.05) is 12.0 Å². The van der Waals surface area contributed by atoms with Gasteiger partial charge in [-0.3, -0.25) is 4.79 Å². The third kappa shape index (κ3) is 2.70. The Hall–Kier alpha value is -2.61. The zero-order valence-electron chi connectivity index (χ0n) is 15.1. The third-order valence-electron chi connectivity index (χ3n) is 6.03. The van der Waals surface area contributed by atoms with Crippen molar-refractivity contribution >= 4 is 5.91 Å². The molecule has 1 spiro atoms. The molecule has 1 amide bonds. The van der Waals surface area contributed by atoms with Crippen LogP contribution in [0.5, 0.6) is 0 Å². The number of aromatic nitrogens is 1. The fourth-order valence-corrected chi connectivity index (χ4v) is 4.75. The first kappa shape index (κ1) is 16.8. The second kappa shape index (κ2) is 6.60. The van der Waals surface area contributed by atoms with Crippen molar-refractivity contribution in [3.05, 3.63) is 52.9 Å². The Morgan fingerprint density at radius 2 is 2.04 bits per heavy atom. The summed E-state index contributed by atoms with van der Waals surface area (Å²) in [7, 11) is 0. The highest BCUT2D eigenvalue weighted by Gasteiger charge is 2.54. The van der Waals surface area contributed by atoms with E-state index in [0.717, 1.165) is 6.54 Å². The van der Waals surface area contributed by atoms with Gasteiger partial charge in [0.15, 0.2) is 5.76 Å². The van der Waals surface area contributed by atoms with Crippen LogP contribution in [-0.4, -0.2) is 22.5 Å². The zero-order chi connectivity index (χ0) is 18.1. The minimum Gasteiger partial charge on any atom is -0.360 e. The molecule has 0 bridgehead atoms. The summed E-state index contributed by atoms with van der Waals surface area (Å²) in [5.41, 5.74) is 2.27. The molecule has 1 saturated heterocycles. The summed E-state index contributed by atoms with van der Waals surface area (Å²) in [5, 5.41) is 13.2. The summed E-state index contributed by atoms with van der Waals surface area (Å²) in [6.45, 7) is 2.51. The summed E-state index contributed by atoms with van der Waals surface area (Å²) >= 11 is 0. The van der Waals surface area contributed by atoms with E-state index in [2.05, 4.69) is 23.4 Å². The normalized spacial score (nSPS) is 21.2. The van der Waals surface area contributed by atoms with E-state index in [1.165, 1.54) is 37.7 Å². The first-order chi connectivity index (χ1) is 12.6. The molecule has 1 aromatic carbocycles. The van der Waals surface area contributed by atoms with E-state index in [0.29, 0.717) is 17.0 Å². The van der Waals surface area contributed by atoms with Gasteiger partial charge < -0.3 is 9.42 Å². The molecule has 1 unspecified atom stereocenters. The number of carbonyl (C=O) groups is 1. The van der Waals surface area contributed by atoms with Crippen molar-refractivity contribution in [2.75, 3.05) is 6.54 Å². The van der Waals surface area contributed by atoms with Crippen molar-refractivity contribution in [2.24, 2.45) is 5.41 Å². The number of carbonyl (C=O) groups excluding carboxylic acids is 1. The molecule has 5 nitrogen and oxygen atoms in total. The molecule has 134 valence electrons. The Labute approximate surface area is 153 Å². The summed E-state index contributed by atoms with van der Waals surface area (Å²) in [6, 6.07) is 12.6. The summed E-state index contributed by atoms with van der Waals surface area (Å²) in [6.07, 6.45) is 6.27. The van der Waals surface area contributed by atoms with E-state index in [1.807, 2.05) is 23.1 Å². The maximum absolute atomic E-state index is 13.0. The van der Waals surface area contributed by atoms with Gasteiger partial charge in [0.1, 0.15) is 17.3 Å². The summed E-state index contributed by atoms with van der Waals surface area (Å²) < 4.78 is 5.10. The molecule has 2 aliphatic rings. The van der Waals surface area contributed by atoms with E-state index in [4.69, 9.17) is 4.52 Å². The highest BCUT2D eigenvalue weighted by atomic mass is 16.5. The van der Waals surface area contributed by atoms with Gasteiger partial charge in [0.25, 0.3) is 0 Å². The highest BCUT2D eigenvalue weighted by Crippen LogP contribution is 2.56. The number of amides is 1. The summed E-state index contributed by atoms with van der Waals surface area (Å²) in [4.78, 5) is 15.0. The minimum atomic E-state index is 0.0276. The smallest absolute Gasteiger partial charge is 0.229 e. The lowest BCUT2D eigenvalue weighted by Crippen LogP contribution is -2.61. The lowest BCUT2D eigenvalue weighted by atomic mass is 9.61. The molecular weight excluding hydrogens is 326 g/mol. The van der Waals surface area contributed by atoms with Crippen LogP contribution in [0.2, 0.25) is 0 Å². The molecule has 1 aromatic heterocycles. The quantitative estimate of drug-likeness (QED) is 0.842. The molecule has 26 heavy (non-hydrogen) atoms. The van der Waals surface area contributed by atoms with Crippen LogP contribution in [0.15, 0.2) is 34.9 Å². The molecule has 2 heterocycles. The maximum atomic E-state index is 13.0. The van der Waals surface area contributed by atoms with Gasteiger partial charge in [0.2, 0.25) is 5.91 Å². The van der Waals surface area contributed by atoms with Crippen molar-refractivity contribution in [3.8, 4) is 6.07 Å². The maximum Gasteiger partial charge on any atom is 0.229 e. The van der Waals surface area contributed by atoms with Gasteiger partial charge in [-0.25, -0.2) is 0 Å². The van der Waals surface area contributed by atoms with Crippen LogP contribution in [0, 0.1) is 23.7 Å². The molecule has 2 fully saturated rings. The fourth-order valence-electron chi connectivity index (χ4n) is 4.75. The lowest BCUT2D eigenvalue weighted by molar-refractivity contribution is -0.160. The number of aryl methyl sites for hydroxylation is 1. The zero-order valence-corrected chi connectivity index (χ0v) is 15.1. The molecular formula is C21H23N3O2. The SMILES string of the molecule is Cc1onc(CC(=O)N2CC3(CCCCC3)C2c2ccccc2)c1C#N. The Kier molecular flexibility index (Phi) is 4.28. The Morgan fingerprint density at radius 1 is 1.31 bits per heavy atom. The van der Waals surface area contributed by atoms with Crippen LogP contribution >= 0.6 is 0 Å².